The standard InChI is InChI=1S/C9H6ClF3O/c1-5-3-2-4-6(7(5)10)8(14)9(11,12)13/h2-4H,1H3. The molecule has 0 radical (unpaired) electrons. The first-order chi connectivity index (χ1) is 6.34. The molecule has 0 aliphatic heterocycles. The third-order valence-corrected chi connectivity index (χ3v) is 2.20. The Morgan fingerprint density at radius 3 is 2.43 bits per heavy atom. The van der Waals surface area contributed by atoms with Crippen molar-refractivity contribution in [1.82, 2.24) is 0 Å². The van der Waals surface area contributed by atoms with Crippen LogP contribution in [0.15, 0.2) is 18.2 Å². The number of aryl methyl sites for hydroxylation is 1. The molecule has 0 saturated carbocycles. The molecular weight excluding hydrogens is 217 g/mol. The van der Waals surface area contributed by atoms with Crippen LogP contribution in [0.2, 0.25) is 5.02 Å². The number of ketones is 1. The van der Waals surface area contributed by atoms with Crippen LogP contribution in [0.25, 0.3) is 0 Å². The van der Waals surface area contributed by atoms with Gasteiger partial charge in [-0.1, -0.05) is 23.7 Å². The van der Waals surface area contributed by atoms with Crippen LogP contribution in [0.4, 0.5) is 13.2 Å². The lowest BCUT2D eigenvalue weighted by Crippen LogP contribution is -2.23. The van der Waals surface area contributed by atoms with Crippen LogP contribution < -0.4 is 0 Å². The summed E-state index contributed by atoms with van der Waals surface area (Å²) in [4.78, 5) is 10.8. The minimum absolute atomic E-state index is 0.144. The summed E-state index contributed by atoms with van der Waals surface area (Å²) in [6.07, 6.45) is -4.88. The van der Waals surface area contributed by atoms with Crippen LogP contribution in [-0.2, 0) is 0 Å². The molecule has 0 bridgehead atoms. The van der Waals surface area contributed by atoms with Crippen molar-refractivity contribution in [2.75, 3.05) is 0 Å². The SMILES string of the molecule is Cc1cccc(C(=O)C(F)(F)F)c1Cl. The van der Waals surface area contributed by atoms with Crippen molar-refractivity contribution in [3.63, 3.8) is 0 Å². The molecule has 1 rings (SSSR count). The molecule has 0 unspecified atom stereocenters. The summed E-state index contributed by atoms with van der Waals surface area (Å²) in [5.41, 5.74) is -0.0547. The first-order valence-electron chi connectivity index (χ1n) is 3.70. The fourth-order valence-electron chi connectivity index (χ4n) is 0.975. The van der Waals surface area contributed by atoms with E-state index in [-0.39, 0.29) is 5.02 Å². The lowest BCUT2D eigenvalue weighted by Gasteiger charge is -2.07. The Kier molecular flexibility index (Phi) is 2.85. The quantitative estimate of drug-likeness (QED) is 0.666. The maximum atomic E-state index is 12.0. The maximum Gasteiger partial charge on any atom is 0.454 e. The van der Waals surface area contributed by atoms with E-state index in [2.05, 4.69) is 0 Å². The predicted molar refractivity (Wildman–Crippen MR) is 46.6 cm³/mol. The number of hydrogen-bond acceptors (Lipinski definition) is 1. The zero-order valence-corrected chi connectivity index (χ0v) is 7.91. The summed E-state index contributed by atoms with van der Waals surface area (Å²) >= 11 is 5.57. The van der Waals surface area contributed by atoms with Crippen LogP contribution in [0.1, 0.15) is 15.9 Å². The van der Waals surface area contributed by atoms with Gasteiger partial charge in [0, 0.05) is 5.56 Å². The van der Waals surface area contributed by atoms with Crippen LogP contribution >= 0.6 is 11.6 Å². The summed E-state index contributed by atoms with van der Waals surface area (Å²) in [6.45, 7) is 1.54. The fraction of sp³-hybridized carbons (Fsp3) is 0.222. The zero-order chi connectivity index (χ0) is 10.9. The molecule has 0 amide bonds. The number of benzene rings is 1. The van der Waals surface area contributed by atoms with Gasteiger partial charge in [-0.25, -0.2) is 0 Å². The molecule has 1 aromatic carbocycles. The number of hydrogen-bond donors (Lipinski definition) is 0. The first kappa shape index (κ1) is 11.0. The van der Waals surface area contributed by atoms with E-state index in [0.29, 0.717) is 5.56 Å². The zero-order valence-electron chi connectivity index (χ0n) is 7.15. The minimum atomic E-state index is -4.88. The van der Waals surface area contributed by atoms with Crippen LogP contribution in [0.3, 0.4) is 0 Å². The average molecular weight is 223 g/mol. The molecule has 1 nitrogen and oxygen atoms in total. The summed E-state index contributed by atoms with van der Waals surface area (Å²) in [5, 5.41) is -0.144. The van der Waals surface area contributed by atoms with Gasteiger partial charge in [-0.15, -0.1) is 0 Å². The molecule has 0 atom stereocenters. The van der Waals surface area contributed by atoms with Crippen molar-refractivity contribution in [2.45, 2.75) is 13.1 Å². The summed E-state index contributed by atoms with van der Waals surface area (Å²) in [6, 6.07) is 3.96. The second kappa shape index (κ2) is 3.61. The summed E-state index contributed by atoms with van der Waals surface area (Å²) in [5.74, 6) is -1.91. The Hall–Kier alpha value is -1.03. The van der Waals surface area contributed by atoms with Gasteiger partial charge >= 0.3 is 6.18 Å². The molecule has 1 aromatic rings. The van der Waals surface area contributed by atoms with Crippen LogP contribution in [0.5, 0.6) is 0 Å². The van der Waals surface area contributed by atoms with E-state index in [9.17, 15) is 18.0 Å². The lowest BCUT2D eigenvalue weighted by atomic mass is 10.1. The van der Waals surface area contributed by atoms with Crippen molar-refractivity contribution in [2.24, 2.45) is 0 Å². The van der Waals surface area contributed by atoms with E-state index in [4.69, 9.17) is 11.6 Å². The van der Waals surface area contributed by atoms with Crippen molar-refractivity contribution >= 4 is 17.4 Å². The van der Waals surface area contributed by atoms with Gasteiger partial charge in [0.05, 0.1) is 5.02 Å². The highest BCUT2D eigenvalue weighted by Crippen LogP contribution is 2.27. The van der Waals surface area contributed by atoms with E-state index in [0.717, 1.165) is 6.07 Å². The average Bonchev–Trinajstić information content (AvgIpc) is 2.07. The molecule has 14 heavy (non-hydrogen) atoms. The Bertz CT molecular complexity index is 371. The number of halogens is 4. The molecule has 0 spiro atoms. The van der Waals surface area contributed by atoms with E-state index >= 15 is 0 Å². The number of carbonyl (C=O) groups excluding carboxylic acids is 1. The summed E-state index contributed by atoms with van der Waals surface area (Å²) < 4.78 is 36.1. The number of Topliss-reactive ketones (excluding diaryl/α,β-unsaturated/α-hetero) is 1. The molecule has 0 heterocycles. The molecule has 76 valence electrons. The highest BCUT2D eigenvalue weighted by molar-refractivity contribution is 6.34. The van der Waals surface area contributed by atoms with E-state index in [1.807, 2.05) is 0 Å². The predicted octanol–water partition coefficient (Wildman–Crippen LogP) is 3.39. The van der Waals surface area contributed by atoms with Gasteiger partial charge in [0.2, 0.25) is 0 Å². The van der Waals surface area contributed by atoms with Gasteiger partial charge in [0.25, 0.3) is 5.78 Å². The number of rotatable bonds is 1. The van der Waals surface area contributed by atoms with E-state index in [1.54, 1.807) is 0 Å². The van der Waals surface area contributed by atoms with E-state index < -0.39 is 17.5 Å². The normalized spacial score (nSPS) is 11.5. The third kappa shape index (κ3) is 2.07. The molecule has 5 heteroatoms. The minimum Gasteiger partial charge on any atom is -0.284 e. The van der Waals surface area contributed by atoms with Crippen molar-refractivity contribution in [1.29, 1.82) is 0 Å². The fourth-order valence-corrected chi connectivity index (χ4v) is 1.19. The van der Waals surface area contributed by atoms with Gasteiger partial charge in [0.15, 0.2) is 0 Å². The first-order valence-corrected chi connectivity index (χ1v) is 4.08. The highest BCUT2D eigenvalue weighted by atomic mass is 35.5. The third-order valence-electron chi connectivity index (χ3n) is 1.69. The molecule has 0 fully saturated rings. The Labute approximate surface area is 83.5 Å². The molecule has 0 saturated heterocycles. The molecule has 0 N–H and O–H groups in total. The number of alkyl halides is 3. The van der Waals surface area contributed by atoms with Gasteiger partial charge in [-0.3, -0.25) is 4.79 Å². The van der Waals surface area contributed by atoms with Crippen molar-refractivity contribution in [3.8, 4) is 0 Å². The lowest BCUT2D eigenvalue weighted by molar-refractivity contribution is -0.0885. The Morgan fingerprint density at radius 2 is 1.93 bits per heavy atom. The van der Waals surface area contributed by atoms with Crippen LogP contribution in [-0.4, -0.2) is 12.0 Å². The monoisotopic (exact) mass is 222 g/mol. The highest BCUT2D eigenvalue weighted by Gasteiger charge is 2.40. The molecular formula is C9H6ClF3O. The van der Waals surface area contributed by atoms with Gasteiger partial charge < -0.3 is 0 Å². The van der Waals surface area contributed by atoms with E-state index in [1.165, 1.54) is 19.1 Å². The topological polar surface area (TPSA) is 17.1 Å². The van der Waals surface area contributed by atoms with Gasteiger partial charge in [-0.2, -0.15) is 13.2 Å². The maximum absolute atomic E-state index is 12.0. The second-order valence-corrected chi connectivity index (χ2v) is 3.14. The Balaban J connectivity index is 3.21. The van der Waals surface area contributed by atoms with Crippen LogP contribution in [0, 0.1) is 6.92 Å². The molecule has 0 aliphatic rings. The van der Waals surface area contributed by atoms with Crippen molar-refractivity contribution < 1.29 is 18.0 Å². The van der Waals surface area contributed by atoms with Gasteiger partial charge in [-0.05, 0) is 18.6 Å². The summed E-state index contributed by atoms with van der Waals surface area (Å²) in [7, 11) is 0. The largest absolute Gasteiger partial charge is 0.454 e. The number of carbonyl (C=O) groups is 1. The second-order valence-electron chi connectivity index (χ2n) is 2.76. The Morgan fingerprint density at radius 1 is 1.36 bits per heavy atom. The van der Waals surface area contributed by atoms with Crippen molar-refractivity contribution in [3.05, 3.63) is 34.3 Å². The van der Waals surface area contributed by atoms with Gasteiger partial charge in [0.1, 0.15) is 0 Å². The molecule has 0 aliphatic carbocycles. The smallest absolute Gasteiger partial charge is 0.284 e. The molecule has 0 aromatic heterocycles.